The maximum Gasteiger partial charge on any atom is 0.416 e. The number of nitrogens with zero attached hydrogens (tertiary/aromatic N) is 4. The van der Waals surface area contributed by atoms with E-state index in [9.17, 15) is 18.0 Å². The summed E-state index contributed by atoms with van der Waals surface area (Å²) in [6, 6.07) is 5.45. The Kier molecular flexibility index (Phi) is 7.33. The lowest BCUT2D eigenvalue weighted by atomic mass is 10.1. The first-order valence-corrected chi connectivity index (χ1v) is 10.6. The van der Waals surface area contributed by atoms with Crippen LogP contribution in [0.3, 0.4) is 0 Å². The Balaban J connectivity index is 1.78. The Labute approximate surface area is 198 Å². The third-order valence-electron chi connectivity index (χ3n) is 4.55. The van der Waals surface area contributed by atoms with E-state index in [0.29, 0.717) is 22.3 Å². The Morgan fingerprint density at radius 3 is 2.48 bits per heavy atom. The van der Waals surface area contributed by atoms with E-state index in [-0.39, 0.29) is 16.5 Å². The van der Waals surface area contributed by atoms with Gasteiger partial charge < -0.3 is 10.6 Å². The molecule has 0 saturated heterocycles. The second-order valence-corrected chi connectivity index (χ2v) is 8.38. The highest BCUT2D eigenvalue weighted by Crippen LogP contribution is 2.32. The Morgan fingerprint density at radius 1 is 1.15 bits per heavy atom. The van der Waals surface area contributed by atoms with Gasteiger partial charge in [0.25, 0.3) is 5.91 Å². The Hall–Kier alpha value is -3.05. The van der Waals surface area contributed by atoms with E-state index in [4.69, 9.17) is 23.8 Å². The molecule has 0 radical (unpaired) electrons. The van der Waals surface area contributed by atoms with Crippen LogP contribution in [0.2, 0.25) is 5.02 Å². The lowest BCUT2D eigenvalue weighted by Gasteiger charge is -2.16. The van der Waals surface area contributed by atoms with Crippen molar-refractivity contribution in [2.45, 2.75) is 33.0 Å². The molecule has 1 aromatic carbocycles. The highest BCUT2D eigenvalue weighted by molar-refractivity contribution is 7.80. The summed E-state index contributed by atoms with van der Waals surface area (Å²) in [7, 11) is 0. The number of thiocarbonyl (C=S) groups is 1. The van der Waals surface area contributed by atoms with Crippen LogP contribution in [0.5, 0.6) is 0 Å². The van der Waals surface area contributed by atoms with Gasteiger partial charge in [0.15, 0.2) is 11.6 Å². The maximum atomic E-state index is 13.0. The minimum absolute atomic E-state index is 0.178. The molecule has 0 aliphatic rings. The smallest absolute Gasteiger partial charge is 0.349 e. The molecule has 3 aromatic rings. The average Bonchev–Trinajstić information content (AvgIpc) is 3.23. The van der Waals surface area contributed by atoms with Gasteiger partial charge in [0.2, 0.25) is 0 Å². The molecule has 0 aliphatic heterocycles. The molecule has 1 atom stereocenters. The average molecular weight is 497 g/mol. The molecule has 2 N–H and O–H groups in total. The van der Waals surface area contributed by atoms with Gasteiger partial charge in [-0.2, -0.15) is 23.0 Å². The summed E-state index contributed by atoms with van der Waals surface area (Å²) in [5.41, 5.74) is -0.518. The SMILES string of the molecule is CC(C)C(=S)Nc1ccc(-n2ncnc2[C@H](C)NC(=O)c2cc(Cl)cc(C(F)(F)F)c2)nc1. The first kappa shape index (κ1) is 24.6. The second kappa shape index (κ2) is 9.84. The number of hydrogen-bond acceptors (Lipinski definition) is 5. The lowest BCUT2D eigenvalue weighted by Crippen LogP contribution is -2.29. The molecule has 0 spiro atoms. The number of hydrogen-bond donors (Lipinski definition) is 2. The largest absolute Gasteiger partial charge is 0.416 e. The first-order valence-electron chi connectivity index (χ1n) is 9.81. The second-order valence-electron chi connectivity index (χ2n) is 7.50. The van der Waals surface area contributed by atoms with Crippen molar-refractivity contribution in [3.63, 3.8) is 0 Å². The fraction of sp³-hybridized carbons (Fsp3) is 0.286. The van der Waals surface area contributed by atoms with Gasteiger partial charge in [-0.15, -0.1) is 0 Å². The molecule has 0 unspecified atom stereocenters. The predicted octanol–water partition coefficient (Wildman–Crippen LogP) is 5.22. The summed E-state index contributed by atoms with van der Waals surface area (Å²) in [4.78, 5) is 21.8. The van der Waals surface area contributed by atoms with Crippen molar-refractivity contribution in [2.24, 2.45) is 5.92 Å². The van der Waals surface area contributed by atoms with Crippen LogP contribution in [0.15, 0.2) is 42.9 Å². The first-order chi connectivity index (χ1) is 15.5. The molecular weight excluding hydrogens is 477 g/mol. The number of amides is 1. The molecular formula is C21H20ClF3N6OS. The third-order valence-corrected chi connectivity index (χ3v) is 5.34. The number of nitrogens with one attached hydrogen (secondary N) is 2. The van der Waals surface area contributed by atoms with Gasteiger partial charge in [-0.05, 0) is 37.3 Å². The maximum absolute atomic E-state index is 13.0. The van der Waals surface area contributed by atoms with Crippen LogP contribution in [0.1, 0.15) is 48.6 Å². The van der Waals surface area contributed by atoms with E-state index in [1.807, 2.05) is 13.8 Å². The molecule has 0 aliphatic carbocycles. The summed E-state index contributed by atoms with van der Waals surface area (Å²) >= 11 is 11.0. The number of halogens is 4. The number of rotatable bonds is 6. The molecule has 0 fully saturated rings. The summed E-state index contributed by atoms with van der Waals surface area (Å²) in [5, 5.41) is 9.66. The van der Waals surface area contributed by atoms with Crippen LogP contribution in [0.25, 0.3) is 5.82 Å². The summed E-state index contributed by atoms with van der Waals surface area (Å²) in [6.07, 6.45) is -1.75. The van der Waals surface area contributed by atoms with E-state index in [1.54, 1.807) is 25.3 Å². The summed E-state index contributed by atoms with van der Waals surface area (Å²) in [5.74, 6) is 0.219. The summed E-state index contributed by atoms with van der Waals surface area (Å²) < 4.78 is 40.6. The van der Waals surface area contributed by atoms with Gasteiger partial charge in [-0.3, -0.25) is 4.79 Å². The van der Waals surface area contributed by atoms with Crippen molar-refractivity contribution < 1.29 is 18.0 Å². The number of benzene rings is 1. The van der Waals surface area contributed by atoms with Gasteiger partial charge in [0.05, 0.1) is 28.5 Å². The minimum atomic E-state index is -4.63. The van der Waals surface area contributed by atoms with E-state index in [2.05, 4.69) is 25.7 Å². The van der Waals surface area contributed by atoms with Gasteiger partial charge in [0, 0.05) is 16.5 Å². The van der Waals surface area contributed by atoms with Crippen molar-refractivity contribution in [2.75, 3.05) is 5.32 Å². The monoisotopic (exact) mass is 496 g/mol. The van der Waals surface area contributed by atoms with Crippen molar-refractivity contribution in [1.29, 1.82) is 0 Å². The zero-order chi connectivity index (χ0) is 24.3. The van der Waals surface area contributed by atoms with Crippen LogP contribution in [0, 0.1) is 5.92 Å². The minimum Gasteiger partial charge on any atom is -0.349 e. The number of aromatic nitrogens is 4. The highest BCUT2D eigenvalue weighted by atomic mass is 35.5. The fourth-order valence-corrected chi connectivity index (χ4v) is 3.18. The van der Waals surface area contributed by atoms with Gasteiger partial charge in [-0.25, -0.2) is 9.97 Å². The number of carbonyl (C=O) groups excluding carboxylic acids is 1. The standard InChI is InChI=1S/C21H20ClF3N6OS/c1-11(2)20(33)30-16-4-5-17(26-9-16)31-18(27-10-28-31)12(3)29-19(32)13-6-14(21(23,24)25)8-15(22)7-13/h4-12H,1-3H3,(H,29,32)(H,30,33)/t12-/m0/s1. The van der Waals surface area contributed by atoms with Crippen LogP contribution in [0.4, 0.5) is 18.9 Å². The fourth-order valence-electron chi connectivity index (χ4n) is 2.82. The van der Waals surface area contributed by atoms with Crippen LogP contribution >= 0.6 is 23.8 Å². The van der Waals surface area contributed by atoms with Gasteiger partial charge >= 0.3 is 6.18 Å². The van der Waals surface area contributed by atoms with Gasteiger partial charge in [0.1, 0.15) is 6.33 Å². The van der Waals surface area contributed by atoms with Crippen LogP contribution in [-0.2, 0) is 6.18 Å². The zero-order valence-electron chi connectivity index (χ0n) is 17.8. The molecule has 12 heteroatoms. The quantitative estimate of drug-likeness (QED) is 0.455. The normalized spacial score (nSPS) is 12.5. The Bertz CT molecular complexity index is 1160. The molecule has 33 heavy (non-hydrogen) atoms. The molecule has 1 amide bonds. The number of carbonyl (C=O) groups is 1. The third kappa shape index (κ3) is 6.05. The topological polar surface area (TPSA) is 84.7 Å². The van der Waals surface area contributed by atoms with Crippen LogP contribution in [-0.4, -0.2) is 30.6 Å². The molecule has 2 heterocycles. The van der Waals surface area contributed by atoms with Crippen LogP contribution < -0.4 is 10.6 Å². The molecule has 7 nitrogen and oxygen atoms in total. The number of pyridine rings is 1. The molecule has 3 rings (SSSR count). The number of anilines is 1. The Morgan fingerprint density at radius 2 is 1.88 bits per heavy atom. The lowest BCUT2D eigenvalue weighted by molar-refractivity contribution is -0.137. The molecule has 2 aromatic heterocycles. The highest BCUT2D eigenvalue weighted by Gasteiger charge is 2.32. The van der Waals surface area contributed by atoms with Crippen molar-refractivity contribution in [3.8, 4) is 5.82 Å². The van der Waals surface area contributed by atoms with E-state index in [0.717, 1.165) is 12.1 Å². The molecule has 0 bridgehead atoms. The van der Waals surface area contributed by atoms with Crippen molar-refractivity contribution >= 4 is 40.4 Å². The molecule has 0 saturated carbocycles. The number of alkyl halides is 3. The van der Waals surface area contributed by atoms with E-state index < -0.39 is 23.7 Å². The van der Waals surface area contributed by atoms with Crippen molar-refractivity contribution in [1.82, 2.24) is 25.1 Å². The van der Waals surface area contributed by atoms with E-state index >= 15 is 0 Å². The van der Waals surface area contributed by atoms with Gasteiger partial charge in [-0.1, -0.05) is 37.7 Å². The van der Waals surface area contributed by atoms with Crippen molar-refractivity contribution in [3.05, 3.63) is 64.8 Å². The zero-order valence-corrected chi connectivity index (χ0v) is 19.4. The molecule has 174 valence electrons. The predicted molar refractivity (Wildman–Crippen MR) is 123 cm³/mol. The summed E-state index contributed by atoms with van der Waals surface area (Å²) in [6.45, 7) is 5.58. The van der Waals surface area contributed by atoms with E-state index in [1.165, 1.54) is 17.1 Å².